The molecule has 0 aliphatic carbocycles. The van der Waals surface area contributed by atoms with Gasteiger partial charge in [-0.15, -0.1) is 0 Å². The highest BCUT2D eigenvalue weighted by molar-refractivity contribution is 5.94. The molecule has 2 aromatic rings. The Labute approximate surface area is 195 Å². The van der Waals surface area contributed by atoms with Crippen LogP contribution in [0.15, 0.2) is 36.4 Å². The van der Waals surface area contributed by atoms with Gasteiger partial charge in [0, 0.05) is 50.0 Å². The number of carbonyl (C=O) groups excluding carboxylic acids is 1. The van der Waals surface area contributed by atoms with Crippen molar-refractivity contribution in [2.45, 2.75) is 25.9 Å². The predicted molar refractivity (Wildman–Crippen MR) is 118 cm³/mol. The lowest BCUT2D eigenvalue weighted by molar-refractivity contribution is -0.137. The summed E-state index contributed by atoms with van der Waals surface area (Å²) < 4.78 is 54.1. The molecule has 1 unspecified atom stereocenters. The second kappa shape index (κ2) is 8.91. The van der Waals surface area contributed by atoms with E-state index in [-0.39, 0.29) is 29.4 Å². The van der Waals surface area contributed by atoms with Crippen LogP contribution in [0.25, 0.3) is 0 Å². The van der Waals surface area contributed by atoms with Gasteiger partial charge in [0.05, 0.1) is 17.2 Å². The number of nitrogens with zero attached hydrogens (tertiary/aromatic N) is 3. The lowest BCUT2D eigenvalue weighted by Gasteiger charge is -2.43. The van der Waals surface area contributed by atoms with E-state index < -0.39 is 23.1 Å². The minimum absolute atomic E-state index is 0.110. The number of anilines is 1. The number of aliphatic hydroxyl groups is 1. The molecule has 180 valence electrons. The highest BCUT2D eigenvalue weighted by Crippen LogP contribution is 2.46. The van der Waals surface area contributed by atoms with Crippen molar-refractivity contribution in [1.82, 2.24) is 4.90 Å². The fraction of sp³-hybridized carbons (Fsp3) is 0.440. The summed E-state index contributed by atoms with van der Waals surface area (Å²) >= 11 is 0. The van der Waals surface area contributed by atoms with Crippen LogP contribution in [-0.4, -0.2) is 48.7 Å². The Bertz CT molecular complexity index is 1130. The molecule has 1 amide bonds. The lowest BCUT2D eigenvalue weighted by atomic mass is 9.71. The highest BCUT2D eigenvalue weighted by Gasteiger charge is 2.49. The summed E-state index contributed by atoms with van der Waals surface area (Å²) in [4.78, 5) is 16.5. The number of alkyl halides is 3. The van der Waals surface area contributed by atoms with Crippen LogP contribution in [0.5, 0.6) is 0 Å². The molecule has 0 saturated carbocycles. The van der Waals surface area contributed by atoms with Crippen molar-refractivity contribution in [3.8, 4) is 6.07 Å². The van der Waals surface area contributed by atoms with Gasteiger partial charge in [-0.05, 0) is 61.1 Å². The molecule has 5 nitrogen and oxygen atoms in total. The average molecular weight is 475 g/mol. The molecule has 9 heteroatoms. The molecule has 2 saturated heterocycles. The van der Waals surface area contributed by atoms with Gasteiger partial charge in [-0.25, -0.2) is 4.39 Å². The third-order valence-electron chi connectivity index (χ3n) is 7.29. The first-order valence-corrected chi connectivity index (χ1v) is 11.1. The van der Waals surface area contributed by atoms with Gasteiger partial charge >= 0.3 is 6.18 Å². The smallest absolute Gasteiger partial charge is 0.396 e. The summed E-state index contributed by atoms with van der Waals surface area (Å²) in [6, 6.07) is 9.69. The fourth-order valence-corrected chi connectivity index (χ4v) is 5.19. The summed E-state index contributed by atoms with van der Waals surface area (Å²) in [5.74, 6) is -0.911. The molecule has 0 bridgehead atoms. The van der Waals surface area contributed by atoms with Gasteiger partial charge in [0.25, 0.3) is 5.91 Å². The van der Waals surface area contributed by atoms with Crippen molar-refractivity contribution in [1.29, 1.82) is 5.26 Å². The predicted octanol–water partition coefficient (Wildman–Crippen LogP) is 4.38. The summed E-state index contributed by atoms with van der Waals surface area (Å²) in [6.07, 6.45) is -3.45. The summed E-state index contributed by atoms with van der Waals surface area (Å²) in [5.41, 5.74) is -0.628. The number of aryl methyl sites for hydroxylation is 1. The van der Waals surface area contributed by atoms with Gasteiger partial charge in [0.1, 0.15) is 5.82 Å². The summed E-state index contributed by atoms with van der Waals surface area (Å²) in [7, 11) is 0. The molecule has 4 rings (SSSR count). The molecule has 0 radical (unpaired) electrons. The molecular weight excluding hydrogens is 450 g/mol. The number of benzene rings is 2. The highest BCUT2D eigenvalue weighted by atomic mass is 19.4. The molecule has 2 heterocycles. The second-order valence-corrected chi connectivity index (χ2v) is 9.22. The minimum Gasteiger partial charge on any atom is -0.396 e. The third-order valence-corrected chi connectivity index (χ3v) is 7.29. The van der Waals surface area contributed by atoms with E-state index in [9.17, 15) is 27.5 Å². The van der Waals surface area contributed by atoms with Gasteiger partial charge in [-0.3, -0.25) is 4.79 Å². The van der Waals surface area contributed by atoms with Crippen LogP contribution in [0.2, 0.25) is 0 Å². The van der Waals surface area contributed by atoms with E-state index in [1.807, 2.05) is 4.90 Å². The third kappa shape index (κ3) is 4.34. The van der Waals surface area contributed by atoms with Crippen LogP contribution in [0, 0.1) is 35.4 Å². The zero-order valence-corrected chi connectivity index (χ0v) is 18.7. The Morgan fingerprint density at radius 3 is 2.50 bits per heavy atom. The lowest BCUT2D eigenvalue weighted by Crippen LogP contribution is -2.45. The van der Waals surface area contributed by atoms with Crippen molar-refractivity contribution < 1.29 is 27.5 Å². The Balaban J connectivity index is 1.50. The Morgan fingerprint density at radius 2 is 1.91 bits per heavy atom. The van der Waals surface area contributed by atoms with Crippen molar-refractivity contribution in [3.05, 3.63) is 64.5 Å². The molecule has 2 aromatic carbocycles. The topological polar surface area (TPSA) is 67.6 Å². The molecule has 0 aromatic heterocycles. The molecular formula is C25H25F4N3O2. The van der Waals surface area contributed by atoms with E-state index >= 15 is 0 Å². The molecule has 1 atom stereocenters. The zero-order chi connectivity index (χ0) is 24.7. The minimum atomic E-state index is -4.62. The number of aliphatic hydroxyl groups excluding tert-OH is 1. The van der Waals surface area contributed by atoms with Crippen LogP contribution in [0.3, 0.4) is 0 Å². The number of halogens is 4. The number of carbonyl (C=O) groups is 1. The second-order valence-electron chi connectivity index (χ2n) is 9.22. The average Bonchev–Trinajstić information content (AvgIpc) is 3.17. The quantitative estimate of drug-likeness (QED) is 0.670. The van der Waals surface area contributed by atoms with Gasteiger partial charge < -0.3 is 14.9 Å². The first kappa shape index (κ1) is 24.0. The van der Waals surface area contributed by atoms with E-state index in [2.05, 4.69) is 0 Å². The standard InChI is InChI=1S/C25H25F4N3O2/c1-16-2-3-17(10-22(16)26)23(34)32-13-19(14-33)24(15-32)6-8-31(9-7-24)20-5-4-18(12-30)21(11-20)25(27,28)29/h2-5,10-11,19,33H,6-9,13-15H2,1H3. The molecule has 2 aliphatic heterocycles. The number of piperidine rings is 1. The number of likely N-dealkylation sites (tertiary alicyclic amines) is 1. The fourth-order valence-electron chi connectivity index (χ4n) is 5.19. The number of nitriles is 1. The Hall–Kier alpha value is -3.12. The molecule has 2 fully saturated rings. The van der Waals surface area contributed by atoms with Crippen LogP contribution in [0.1, 0.15) is 39.9 Å². The van der Waals surface area contributed by atoms with Crippen LogP contribution in [0.4, 0.5) is 23.2 Å². The maximum absolute atomic E-state index is 14.0. The van der Waals surface area contributed by atoms with Crippen molar-refractivity contribution in [2.24, 2.45) is 11.3 Å². The normalized spacial score (nSPS) is 20.0. The number of rotatable bonds is 3. The van der Waals surface area contributed by atoms with Crippen LogP contribution < -0.4 is 4.90 Å². The first-order chi connectivity index (χ1) is 16.1. The SMILES string of the molecule is Cc1ccc(C(=O)N2CC(CO)C3(CCN(c4ccc(C#N)c(C(F)(F)F)c4)CC3)C2)cc1F. The van der Waals surface area contributed by atoms with E-state index in [1.54, 1.807) is 30.0 Å². The summed E-state index contributed by atoms with van der Waals surface area (Å²) in [6.45, 7) is 3.18. The van der Waals surface area contributed by atoms with E-state index in [4.69, 9.17) is 5.26 Å². The van der Waals surface area contributed by atoms with E-state index in [0.717, 1.165) is 6.07 Å². The first-order valence-electron chi connectivity index (χ1n) is 11.1. The molecule has 1 spiro atoms. The molecule has 1 N–H and O–H groups in total. The van der Waals surface area contributed by atoms with Crippen LogP contribution in [-0.2, 0) is 6.18 Å². The molecule has 2 aliphatic rings. The number of hydrogen-bond acceptors (Lipinski definition) is 4. The van der Waals surface area contributed by atoms with Gasteiger partial charge in [-0.1, -0.05) is 6.07 Å². The van der Waals surface area contributed by atoms with Gasteiger partial charge in [-0.2, -0.15) is 18.4 Å². The number of hydrogen-bond donors (Lipinski definition) is 1. The Morgan fingerprint density at radius 1 is 1.21 bits per heavy atom. The van der Waals surface area contributed by atoms with Gasteiger partial charge in [0.15, 0.2) is 0 Å². The van der Waals surface area contributed by atoms with E-state index in [1.165, 1.54) is 18.2 Å². The van der Waals surface area contributed by atoms with Crippen molar-refractivity contribution >= 4 is 11.6 Å². The maximum atomic E-state index is 14.0. The monoisotopic (exact) mass is 475 g/mol. The van der Waals surface area contributed by atoms with Crippen molar-refractivity contribution in [2.75, 3.05) is 37.7 Å². The Kier molecular flexibility index (Phi) is 6.30. The number of amides is 1. The summed E-state index contributed by atoms with van der Waals surface area (Å²) in [5, 5.41) is 19.1. The zero-order valence-electron chi connectivity index (χ0n) is 18.7. The van der Waals surface area contributed by atoms with E-state index in [0.29, 0.717) is 50.3 Å². The van der Waals surface area contributed by atoms with Gasteiger partial charge in [0.2, 0.25) is 0 Å². The van der Waals surface area contributed by atoms with Crippen LogP contribution >= 0.6 is 0 Å². The largest absolute Gasteiger partial charge is 0.417 e. The maximum Gasteiger partial charge on any atom is 0.417 e. The molecule has 34 heavy (non-hydrogen) atoms. The van der Waals surface area contributed by atoms with Crippen molar-refractivity contribution in [3.63, 3.8) is 0 Å².